The van der Waals surface area contributed by atoms with E-state index in [0.717, 1.165) is 62.4 Å². The minimum atomic E-state index is 0.282. The SMILES string of the molecule is CC1CCCN(C(=O)CN2CCCC(c3nc4ccccc4o3)C2)C1. The minimum Gasteiger partial charge on any atom is -0.440 e. The molecule has 1 aromatic heterocycles. The van der Waals surface area contributed by atoms with Gasteiger partial charge in [-0.05, 0) is 50.3 Å². The van der Waals surface area contributed by atoms with E-state index in [9.17, 15) is 4.79 Å². The Morgan fingerprint density at radius 3 is 2.88 bits per heavy atom. The van der Waals surface area contributed by atoms with E-state index in [0.29, 0.717) is 12.5 Å². The number of oxazole rings is 1. The van der Waals surface area contributed by atoms with Crippen LogP contribution in [0.5, 0.6) is 0 Å². The number of benzene rings is 1. The van der Waals surface area contributed by atoms with Crippen molar-refractivity contribution >= 4 is 17.0 Å². The zero-order valence-corrected chi connectivity index (χ0v) is 15.0. The van der Waals surface area contributed by atoms with Gasteiger partial charge in [0.05, 0.1) is 6.54 Å². The molecule has 2 aliphatic heterocycles. The first-order chi connectivity index (χ1) is 12.2. The van der Waals surface area contributed by atoms with Crippen molar-refractivity contribution in [3.63, 3.8) is 0 Å². The van der Waals surface area contributed by atoms with Crippen LogP contribution >= 0.6 is 0 Å². The number of piperidine rings is 2. The quantitative estimate of drug-likeness (QED) is 0.860. The summed E-state index contributed by atoms with van der Waals surface area (Å²) in [6, 6.07) is 7.92. The predicted molar refractivity (Wildman–Crippen MR) is 97.4 cm³/mol. The Morgan fingerprint density at radius 2 is 2.04 bits per heavy atom. The van der Waals surface area contributed by atoms with Crippen molar-refractivity contribution < 1.29 is 9.21 Å². The number of hydrogen-bond acceptors (Lipinski definition) is 4. The van der Waals surface area contributed by atoms with Gasteiger partial charge in [0.15, 0.2) is 11.5 Å². The van der Waals surface area contributed by atoms with Gasteiger partial charge < -0.3 is 9.32 Å². The van der Waals surface area contributed by atoms with Crippen LogP contribution in [-0.2, 0) is 4.79 Å². The molecule has 0 radical (unpaired) electrons. The van der Waals surface area contributed by atoms with Crippen molar-refractivity contribution in [2.45, 2.75) is 38.5 Å². The summed E-state index contributed by atoms with van der Waals surface area (Å²) in [5.74, 6) is 2.02. The lowest BCUT2D eigenvalue weighted by atomic mass is 9.97. The molecule has 0 spiro atoms. The average Bonchev–Trinajstić information content (AvgIpc) is 3.06. The third-order valence-corrected chi connectivity index (χ3v) is 5.53. The normalized spacial score (nSPS) is 25.4. The summed E-state index contributed by atoms with van der Waals surface area (Å²) in [5, 5.41) is 0. The molecule has 2 fully saturated rings. The molecule has 0 N–H and O–H groups in total. The summed E-state index contributed by atoms with van der Waals surface area (Å²) in [4.78, 5) is 21.6. The Hall–Kier alpha value is -1.88. The maximum absolute atomic E-state index is 12.6. The van der Waals surface area contributed by atoms with E-state index in [4.69, 9.17) is 4.42 Å². The number of amides is 1. The van der Waals surface area contributed by atoms with E-state index >= 15 is 0 Å². The highest BCUT2D eigenvalue weighted by Crippen LogP contribution is 2.29. The van der Waals surface area contributed by atoms with Crippen LogP contribution in [0.15, 0.2) is 28.7 Å². The van der Waals surface area contributed by atoms with E-state index < -0.39 is 0 Å². The van der Waals surface area contributed by atoms with Crippen LogP contribution in [0.3, 0.4) is 0 Å². The molecule has 4 rings (SSSR count). The van der Waals surface area contributed by atoms with E-state index in [-0.39, 0.29) is 11.8 Å². The average molecular weight is 341 g/mol. The van der Waals surface area contributed by atoms with Gasteiger partial charge in [-0.3, -0.25) is 9.69 Å². The summed E-state index contributed by atoms with van der Waals surface area (Å²) < 4.78 is 5.96. The Bertz CT molecular complexity index is 708. The third-order valence-electron chi connectivity index (χ3n) is 5.53. The molecule has 0 aliphatic carbocycles. The van der Waals surface area contributed by atoms with Crippen LogP contribution in [0.25, 0.3) is 11.1 Å². The Labute approximate surface area is 149 Å². The van der Waals surface area contributed by atoms with Crippen molar-refractivity contribution in [3.8, 4) is 0 Å². The number of likely N-dealkylation sites (tertiary alicyclic amines) is 2. The molecule has 2 atom stereocenters. The van der Waals surface area contributed by atoms with Gasteiger partial charge in [-0.2, -0.15) is 0 Å². The maximum atomic E-state index is 12.6. The molecule has 0 saturated carbocycles. The third kappa shape index (κ3) is 3.71. The number of para-hydroxylation sites is 2. The van der Waals surface area contributed by atoms with Gasteiger partial charge in [-0.1, -0.05) is 19.1 Å². The van der Waals surface area contributed by atoms with Crippen LogP contribution in [-0.4, -0.2) is 53.4 Å². The Kier molecular flexibility index (Phi) is 4.75. The van der Waals surface area contributed by atoms with Crippen molar-refractivity contribution in [3.05, 3.63) is 30.2 Å². The standard InChI is InChI=1S/C20H27N3O2/c1-15-6-4-11-23(12-15)19(24)14-22-10-5-7-16(13-22)20-21-17-8-2-3-9-18(17)25-20/h2-3,8-9,15-16H,4-7,10-14H2,1H3. The number of carbonyl (C=O) groups excluding carboxylic acids is 1. The highest BCUT2D eigenvalue weighted by atomic mass is 16.3. The molecule has 0 bridgehead atoms. The molecular formula is C20H27N3O2. The molecule has 134 valence electrons. The van der Waals surface area contributed by atoms with E-state index in [2.05, 4.69) is 21.7 Å². The molecule has 25 heavy (non-hydrogen) atoms. The zero-order chi connectivity index (χ0) is 17.2. The van der Waals surface area contributed by atoms with Gasteiger partial charge in [0.2, 0.25) is 5.91 Å². The second-order valence-corrected chi connectivity index (χ2v) is 7.68. The fourth-order valence-electron chi connectivity index (χ4n) is 4.17. The van der Waals surface area contributed by atoms with Gasteiger partial charge in [0.25, 0.3) is 0 Å². The lowest BCUT2D eigenvalue weighted by Crippen LogP contribution is -2.46. The van der Waals surface area contributed by atoms with Gasteiger partial charge in [0.1, 0.15) is 5.52 Å². The van der Waals surface area contributed by atoms with Crippen LogP contribution in [0.2, 0.25) is 0 Å². The van der Waals surface area contributed by atoms with Crippen molar-refractivity contribution in [2.75, 3.05) is 32.7 Å². The smallest absolute Gasteiger partial charge is 0.236 e. The van der Waals surface area contributed by atoms with Gasteiger partial charge >= 0.3 is 0 Å². The summed E-state index contributed by atoms with van der Waals surface area (Å²) in [7, 11) is 0. The number of carbonyl (C=O) groups is 1. The molecule has 1 amide bonds. The topological polar surface area (TPSA) is 49.6 Å². The van der Waals surface area contributed by atoms with Gasteiger partial charge in [-0.25, -0.2) is 4.98 Å². The van der Waals surface area contributed by atoms with E-state index in [1.54, 1.807) is 0 Å². The maximum Gasteiger partial charge on any atom is 0.236 e. The van der Waals surface area contributed by atoms with Crippen LogP contribution in [0, 0.1) is 5.92 Å². The minimum absolute atomic E-state index is 0.282. The number of nitrogens with zero attached hydrogens (tertiary/aromatic N) is 3. The summed E-state index contributed by atoms with van der Waals surface area (Å²) in [5.41, 5.74) is 1.78. The first kappa shape index (κ1) is 16.6. The molecule has 5 nitrogen and oxygen atoms in total. The van der Waals surface area contributed by atoms with E-state index in [1.807, 2.05) is 24.3 Å². The lowest BCUT2D eigenvalue weighted by molar-refractivity contribution is -0.134. The number of hydrogen-bond donors (Lipinski definition) is 0. The fourth-order valence-corrected chi connectivity index (χ4v) is 4.17. The zero-order valence-electron chi connectivity index (χ0n) is 15.0. The number of fused-ring (bicyclic) bond motifs is 1. The summed E-state index contributed by atoms with van der Waals surface area (Å²) in [6.07, 6.45) is 4.55. The Morgan fingerprint density at radius 1 is 1.20 bits per heavy atom. The Balaban J connectivity index is 1.39. The molecule has 2 aliphatic rings. The highest BCUT2D eigenvalue weighted by Gasteiger charge is 2.28. The van der Waals surface area contributed by atoms with Crippen LogP contribution in [0.4, 0.5) is 0 Å². The number of rotatable bonds is 3. The molecule has 2 aromatic rings. The van der Waals surface area contributed by atoms with Crippen LogP contribution in [0.1, 0.15) is 44.4 Å². The second kappa shape index (κ2) is 7.16. The van der Waals surface area contributed by atoms with Crippen molar-refractivity contribution in [2.24, 2.45) is 5.92 Å². The second-order valence-electron chi connectivity index (χ2n) is 7.68. The van der Waals surface area contributed by atoms with Crippen molar-refractivity contribution in [1.82, 2.24) is 14.8 Å². The summed E-state index contributed by atoms with van der Waals surface area (Å²) in [6.45, 7) is 6.47. The largest absolute Gasteiger partial charge is 0.440 e. The number of aromatic nitrogens is 1. The predicted octanol–water partition coefficient (Wildman–Crippen LogP) is 3.27. The molecular weight excluding hydrogens is 314 g/mol. The molecule has 2 saturated heterocycles. The fraction of sp³-hybridized carbons (Fsp3) is 0.600. The monoisotopic (exact) mass is 341 g/mol. The molecule has 5 heteroatoms. The first-order valence-corrected chi connectivity index (χ1v) is 9.54. The van der Waals surface area contributed by atoms with Gasteiger partial charge in [-0.15, -0.1) is 0 Å². The molecule has 2 unspecified atom stereocenters. The summed E-state index contributed by atoms with van der Waals surface area (Å²) >= 11 is 0. The van der Waals surface area contributed by atoms with Gasteiger partial charge in [0, 0.05) is 25.6 Å². The van der Waals surface area contributed by atoms with E-state index in [1.165, 1.54) is 6.42 Å². The molecule has 1 aromatic carbocycles. The lowest BCUT2D eigenvalue weighted by Gasteiger charge is -2.35. The highest BCUT2D eigenvalue weighted by molar-refractivity contribution is 5.78. The van der Waals surface area contributed by atoms with Crippen molar-refractivity contribution in [1.29, 1.82) is 0 Å². The van der Waals surface area contributed by atoms with Crippen LogP contribution < -0.4 is 0 Å². The molecule has 3 heterocycles. The first-order valence-electron chi connectivity index (χ1n) is 9.54.